The van der Waals surface area contributed by atoms with Gasteiger partial charge in [-0.25, -0.2) is 0 Å². The second-order valence-electron chi connectivity index (χ2n) is 6.91. The van der Waals surface area contributed by atoms with Gasteiger partial charge in [0, 0.05) is 6.54 Å². The van der Waals surface area contributed by atoms with Crippen molar-refractivity contribution >= 4 is 18.7 Å². The van der Waals surface area contributed by atoms with E-state index < -0.39 is 8.32 Å². The molecule has 0 spiro atoms. The van der Waals surface area contributed by atoms with Crippen molar-refractivity contribution in [3.05, 3.63) is 60.7 Å². The van der Waals surface area contributed by atoms with Crippen LogP contribution in [0.1, 0.15) is 20.8 Å². The largest absolute Gasteiger partial charge is 0.405 e. The van der Waals surface area contributed by atoms with Crippen molar-refractivity contribution in [3.63, 3.8) is 0 Å². The van der Waals surface area contributed by atoms with Crippen LogP contribution in [-0.4, -0.2) is 34.7 Å². The van der Waals surface area contributed by atoms with E-state index in [0.717, 1.165) is 0 Å². The van der Waals surface area contributed by atoms with Crippen molar-refractivity contribution in [1.29, 1.82) is 0 Å². The summed E-state index contributed by atoms with van der Waals surface area (Å²) < 4.78 is 12.2. The summed E-state index contributed by atoms with van der Waals surface area (Å²) in [7, 11) is -2.42. The summed E-state index contributed by atoms with van der Waals surface area (Å²) in [5, 5.41) is 2.59. The fraction of sp³-hybridized carbons (Fsp3) is 0.400. The molecule has 2 N–H and O–H groups in total. The molecule has 0 radical (unpaired) electrons. The Labute approximate surface area is 146 Å². The van der Waals surface area contributed by atoms with Crippen LogP contribution in [0.3, 0.4) is 0 Å². The molecule has 0 unspecified atom stereocenters. The van der Waals surface area contributed by atoms with Crippen molar-refractivity contribution in [1.82, 2.24) is 0 Å². The molecule has 0 atom stereocenters. The molecule has 0 aromatic heterocycles. The second-order valence-corrected chi connectivity index (χ2v) is 11.2. The lowest BCUT2D eigenvalue weighted by molar-refractivity contribution is 0.102. The summed E-state index contributed by atoms with van der Waals surface area (Å²) in [5.41, 5.74) is 5.49. The molecule has 0 aliphatic carbocycles. The third kappa shape index (κ3) is 4.14. The van der Waals surface area contributed by atoms with Crippen LogP contribution in [0.2, 0.25) is 5.04 Å². The Bertz CT molecular complexity index is 557. The quantitative estimate of drug-likeness (QED) is 0.592. The van der Waals surface area contributed by atoms with Crippen LogP contribution in [0.4, 0.5) is 0 Å². The van der Waals surface area contributed by atoms with Crippen LogP contribution in [0.5, 0.6) is 0 Å². The molecular formula is C20H29NO2Si. The molecule has 2 aromatic rings. The van der Waals surface area contributed by atoms with E-state index in [-0.39, 0.29) is 5.04 Å². The Morgan fingerprint density at radius 1 is 0.792 bits per heavy atom. The van der Waals surface area contributed by atoms with E-state index in [0.29, 0.717) is 26.4 Å². The Morgan fingerprint density at radius 3 is 1.71 bits per heavy atom. The van der Waals surface area contributed by atoms with Crippen LogP contribution in [0.25, 0.3) is 0 Å². The second kappa shape index (κ2) is 8.58. The van der Waals surface area contributed by atoms with E-state index in [2.05, 4.69) is 81.4 Å². The van der Waals surface area contributed by atoms with Gasteiger partial charge < -0.3 is 14.9 Å². The van der Waals surface area contributed by atoms with Crippen LogP contribution in [-0.2, 0) is 9.16 Å². The fourth-order valence-electron chi connectivity index (χ4n) is 3.20. The van der Waals surface area contributed by atoms with Gasteiger partial charge in [-0.3, -0.25) is 0 Å². The lowest BCUT2D eigenvalue weighted by Gasteiger charge is -2.43. The molecule has 24 heavy (non-hydrogen) atoms. The van der Waals surface area contributed by atoms with Gasteiger partial charge in [-0.15, -0.1) is 0 Å². The van der Waals surface area contributed by atoms with Gasteiger partial charge >= 0.3 is 0 Å². The number of hydrogen-bond donors (Lipinski definition) is 1. The maximum Gasteiger partial charge on any atom is 0.261 e. The summed E-state index contributed by atoms with van der Waals surface area (Å²) in [4.78, 5) is 0. The Balaban J connectivity index is 2.42. The summed E-state index contributed by atoms with van der Waals surface area (Å²) in [6.45, 7) is 9.10. The van der Waals surface area contributed by atoms with Gasteiger partial charge in [-0.2, -0.15) is 0 Å². The molecule has 3 nitrogen and oxygen atoms in total. The van der Waals surface area contributed by atoms with E-state index in [1.807, 2.05) is 0 Å². The Morgan fingerprint density at radius 2 is 1.29 bits per heavy atom. The van der Waals surface area contributed by atoms with E-state index in [4.69, 9.17) is 14.9 Å². The molecule has 0 saturated heterocycles. The summed E-state index contributed by atoms with van der Waals surface area (Å²) in [6, 6.07) is 21.3. The SMILES string of the molecule is CC(C)(C)[Si](OCCOCCN)(c1ccccc1)c1ccccc1. The molecule has 0 heterocycles. The zero-order valence-corrected chi connectivity index (χ0v) is 16.0. The molecule has 0 fully saturated rings. The summed E-state index contributed by atoms with van der Waals surface area (Å²) >= 11 is 0. The first kappa shape index (κ1) is 18.9. The van der Waals surface area contributed by atoms with Crippen molar-refractivity contribution in [2.24, 2.45) is 5.73 Å². The van der Waals surface area contributed by atoms with E-state index in [9.17, 15) is 0 Å². The first-order valence-electron chi connectivity index (χ1n) is 8.55. The smallest absolute Gasteiger partial charge is 0.261 e. The maximum absolute atomic E-state index is 6.69. The van der Waals surface area contributed by atoms with Crippen molar-refractivity contribution in [3.8, 4) is 0 Å². The third-order valence-corrected chi connectivity index (χ3v) is 9.27. The highest BCUT2D eigenvalue weighted by atomic mass is 28.4. The van der Waals surface area contributed by atoms with Gasteiger partial charge in [-0.05, 0) is 15.4 Å². The standard InChI is InChI=1S/C20H29NO2Si/c1-20(2,3)24(18-10-6-4-7-11-18,19-12-8-5-9-13-19)23-17-16-22-15-14-21/h4-13H,14-17,21H2,1-3H3. The van der Waals surface area contributed by atoms with Crippen LogP contribution in [0.15, 0.2) is 60.7 Å². The number of rotatable bonds is 8. The number of benzene rings is 2. The summed E-state index contributed by atoms with van der Waals surface area (Å²) in [5.74, 6) is 0. The van der Waals surface area contributed by atoms with Gasteiger partial charge in [0.2, 0.25) is 0 Å². The highest BCUT2D eigenvalue weighted by Crippen LogP contribution is 2.36. The first-order chi connectivity index (χ1) is 11.5. The predicted octanol–water partition coefficient (Wildman–Crippen LogP) is 2.54. The first-order valence-corrected chi connectivity index (χ1v) is 10.5. The average Bonchev–Trinajstić information content (AvgIpc) is 2.59. The normalized spacial score (nSPS) is 12.3. The molecule has 0 amide bonds. The average molecular weight is 344 g/mol. The molecule has 4 heteroatoms. The molecule has 2 rings (SSSR count). The molecule has 0 aliphatic heterocycles. The maximum atomic E-state index is 6.69. The topological polar surface area (TPSA) is 44.5 Å². The number of hydrogen-bond acceptors (Lipinski definition) is 3. The highest BCUT2D eigenvalue weighted by Gasteiger charge is 2.49. The molecule has 0 bridgehead atoms. The zero-order chi connectivity index (χ0) is 17.5. The van der Waals surface area contributed by atoms with E-state index in [1.165, 1.54) is 10.4 Å². The van der Waals surface area contributed by atoms with Gasteiger partial charge in [-0.1, -0.05) is 81.4 Å². The molecular weight excluding hydrogens is 314 g/mol. The summed E-state index contributed by atoms with van der Waals surface area (Å²) in [6.07, 6.45) is 0. The minimum Gasteiger partial charge on any atom is -0.405 e. The number of nitrogens with two attached hydrogens (primary N) is 1. The van der Waals surface area contributed by atoms with E-state index >= 15 is 0 Å². The zero-order valence-electron chi connectivity index (χ0n) is 15.0. The Kier molecular flexibility index (Phi) is 6.75. The van der Waals surface area contributed by atoms with Crippen LogP contribution >= 0.6 is 0 Å². The molecule has 130 valence electrons. The molecule has 2 aromatic carbocycles. The monoisotopic (exact) mass is 343 g/mol. The molecule has 0 saturated carbocycles. The van der Waals surface area contributed by atoms with Crippen LogP contribution in [0, 0.1) is 0 Å². The third-order valence-electron chi connectivity index (χ3n) is 4.23. The number of ether oxygens (including phenoxy) is 1. The minimum absolute atomic E-state index is 0.00355. The lowest BCUT2D eigenvalue weighted by atomic mass is 10.2. The lowest BCUT2D eigenvalue weighted by Crippen LogP contribution is -2.66. The van der Waals surface area contributed by atoms with Gasteiger partial charge in [0.1, 0.15) is 0 Å². The molecule has 0 aliphatic rings. The fourth-order valence-corrected chi connectivity index (χ4v) is 7.75. The van der Waals surface area contributed by atoms with E-state index in [1.54, 1.807) is 0 Å². The van der Waals surface area contributed by atoms with Crippen molar-refractivity contribution in [2.45, 2.75) is 25.8 Å². The van der Waals surface area contributed by atoms with Gasteiger partial charge in [0.05, 0.1) is 19.8 Å². The van der Waals surface area contributed by atoms with Gasteiger partial charge in [0.25, 0.3) is 8.32 Å². The Hall–Kier alpha value is -1.46. The minimum atomic E-state index is -2.42. The highest BCUT2D eigenvalue weighted by molar-refractivity contribution is 6.99. The van der Waals surface area contributed by atoms with Crippen molar-refractivity contribution in [2.75, 3.05) is 26.4 Å². The van der Waals surface area contributed by atoms with Crippen LogP contribution < -0.4 is 16.1 Å². The predicted molar refractivity (Wildman–Crippen MR) is 103 cm³/mol. The van der Waals surface area contributed by atoms with Crippen molar-refractivity contribution < 1.29 is 9.16 Å². The van der Waals surface area contributed by atoms with Gasteiger partial charge in [0.15, 0.2) is 0 Å².